The predicted octanol–water partition coefficient (Wildman–Crippen LogP) is 4.18. The van der Waals surface area contributed by atoms with Crippen LogP contribution in [0.25, 0.3) is 5.69 Å². The molecule has 3 aromatic rings. The summed E-state index contributed by atoms with van der Waals surface area (Å²) in [7, 11) is 0. The third-order valence-electron chi connectivity index (χ3n) is 4.72. The average molecular weight is 440 g/mol. The highest BCUT2D eigenvalue weighted by Crippen LogP contribution is 2.29. The van der Waals surface area contributed by atoms with E-state index in [1.165, 1.54) is 11.3 Å². The topological polar surface area (TPSA) is 89.3 Å². The molecule has 0 fully saturated rings. The maximum absolute atomic E-state index is 12.7. The van der Waals surface area contributed by atoms with Gasteiger partial charge in [-0.15, -0.1) is 0 Å². The second-order valence-corrected chi connectivity index (χ2v) is 9.50. The first kappa shape index (κ1) is 21.0. The average Bonchev–Trinajstić information content (AvgIpc) is 3.29. The summed E-state index contributed by atoms with van der Waals surface area (Å²) in [6.45, 7) is 8.42. The molecule has 2 aromatic heterocycles. The van der Waals surface area contributed by atoms with Crippen molar-refractivity contribution in [3.05, 3.63) is 58.4 Å². The SMILES string of the molecule is Cc1cc(C(=O)Nc2nc3c(s2)CN(C(=O)OC(C)(C)C)CC3)nn1-c1ccccc1. The number of benzene rings is 1. The summed E-state index contributed by atoms with van der Waals surface area (Å²) in [4.78, 5) is 32.3. The molecule has 0 radical (unpaired) electrons. The van der Waals surface area contributed by atoms with Crippen molar-refractivity contribution in [3.8, 4) is 5.69 Å². The highest BCUT2D eigenvalue weighted by Gasteiger charge is 2.28. The van der Waals surface area contributed by atoms with Gasteiger partial charge in [0.25, 0.3) is 5.91 Å². The van der Waals surface area contributed by atoms with Crippen LogP contribution >= 0.6 is 11.3 Å². The van der Waals surface area contributed by atoms with Gasteiger partial charge in [0.05, 0.1) is 17.9 Å². The molecule has 0 unspecified atom stereocenters. The largest absolute Gasteiger partial charge is 0.444 e. The summed E-state index contributed by atoms with van der Waals surface area (Å²) in [6, 6.07) is 11.4. The van der Waals surface area contributed by atoms with E-state index in [0.29, 0.717) is 30.3 Å². The Bertz CT molecular complexity index is 1110. The number of nitrogens with zero attached hydrogens (tertiary/aromatic N) is 4. The standard InChI is InChI=1S/C22H25N5O3S/c1-14-12-17(25-27(14)15-8-6-5-7-9-15)19(28)24-20-23-16-10-11-26(13-18(16)31-20)21(29)30-22(2,3)4/h5-9,12H,10-11,13H2,1-4H3,(H,23,24,28). The summed E-state index contributed by atoms with van der Waals surface area (Å²) in [5, 5.41) is 7.79. The van der Waals surface area contributed by atoms with E-state index < -0.39 is 5.60 Å². The molecule has 1 aliphatic rings. The van der Waals surface area contributed by atoms with Gasteiger partial charge in [0.2, 0.25) is 0 Å². The number of thiazole rings is 1. The van der Waals surface area contributed by atoms with E-state index in [9.17, 15) is 9.59 Å². The zero-order valence-corrected chi connectivity index (χ0v) is 18.8. The molecule has 1 aromatic carbocycles. The van der Waals surface area contributed by atoms with Crippen LogP contribution in [-0.2, 0) is 17.7 Å². The Morgan fingerprint density at radius 3 is 2.65 bits per heavy atom. The second-order valence-electron chi connectivity index (χ2n) is 8.41. The number of ether oxygens (including phenoxy) is 1. The van der Waals surface area contributed by atoms with Gasteiger partial charge in [-0.25, -0.2) is 14.5 Å². The van der Waals surface area contributed by atoms with Gasteiger partial charge in [0.1, 0.15) is 5.60 Å². The number of carbonyl (C=O) groups is 2. The van der Waals surface area contributed by atoms with Crippen LogP contribution in [-0.4, -0.2) is 43.8 Å². The van der Waals surface area contributed by atoms with Crippen LogP contribution in [0.2, 0.25) is 0 Å². The van der Waals surface area contributed by atoms with E-state index in [2.05, 4.69) is 15.4 Å². The molecular formula is C22H25N5O3S. The molecule has 0 saturated heterocycles. The van der Waals surface area contributed by atoms with Gasteiger partial charge in [0, 0.05) is 23.5 Å². The summed E-state index contributed by atoms with van der Waals surface area (Å²) >= 11 is 1.38. The molecule has 0 bridgehead atoms. The second kappa shape index (κ2) is 8.14. The van der Waals surface area contributed by atoms with Crippen molar-refractivity contribution in [2.45, 2.75) is 46.3 Å². The lowest BCUT2D eigenvalue weighted by molar-refractivity contribution is 0.0225. The lowest BCUT2D eigenvalue weighted by atomic mass is 10.2. The van der Waals surface area contributed by atoms with Crippen molar-refractivity contribution in [1.29, 1.82) is 0 Å². The van der Waals surface area contributed by atoms with Crippen molar-refractivity contribution in [2.24, 2.45) is 0 Å². The Morgan fingerprint density at radius 2 is 1.94 bits per heavy atom. The van der Waals surface area contributed by atoms with Crippen LogP contribution in [0, 0.1) is 6.92 Å². The van der Waals surface area contributed by atoms with Crippen LogP contribution in [0.4, 0.5) is 9.93 Å². The molecule has 9 heteroatoms. The van der Waals surface area contributed by atoms with Gasteiger partial charge in [-0.3, -0.25) is 10.1 Å². The highest BCUT2D eigenvalue weighted by atomic mass is 32.1. The Balaban J connectivity index is 1.45. The van der Waals surface area contributed by atoms with Crippen molar-refractivity contribution >= 4 is 28.5 Å². The molecule has 1 N–H and O–H groups in total. The molecule has 8 nitrogen and oxygen atoms in total. The van der Waals surface area contributed by atoms with Gasteiger partial charge in [-0.1, -0.05) is 29.5 Å². The minimum atomic E-state index is -0.536. The molecule has 162 valence electrons. The number of para-hydroxylation sites is 1. The number of hydrogen-bond donors (Lipinski definition) is 1. The quantitative estimate of drug-likeness (QED) is 0.661. The van der Waals surface area contributed by atoms with E-state index >= 15 is 0 Å². The van der Waals surface area contributed by atoms with Crippen molar-refractivity contribution in [1.82, 2.24) is 19.7 Å². The lowest BCUT2D eigenvalue weighted by Gasteiger charge is -2.29. The number of aryl methyl sites for hydroxylation is 1. The first-order chi connectivity index (χ1) is 14.7. The number of rotatable bonds is 3. The first-order valence-corrected chi connectivity index (χ1v) is 10.9. The van der Waals surface area contributed by atoms with Crippen LogP contribution < -0.4 is 5.32 Å². The molecular weight excluding hydrogens is 414 g/mol. The third-order valence-corrected chi connectivity index (χ3v) is 5.72. The summed E-state index contributed by atoms with van der Waals surface area (Å²) in [6.07, 6.45) is 0.293. The molecule has 2 amide bonds. The molecule has 3 heterocycles. The van der Waals surface area contributed by atoms with Gasteiger partial charge in [-0.2, -0.15) is 5.10 Å². The number of anilines is 1. The van der Waals surface area contributed by atoms with E-state index in [4.69, 9.17) is 4.74 Å². The summed E-state index contributed by atoms with van der Waals surface area (Å²) in [5.41, 5.74) is 2.45. The van der Waals surface area contributed by atoms with Crippen molar-refractivity contribution in [2.75, 3.05) is 11.9 Å². The number of amides is 2. The van der Waals surface area contributed by atoms with Gasteiger partial charge in [-0.05, 0) is 45.9 Å². The zero-order chi connectivity index (χ0) is 22.2. The number of aromatic nitrogens is 3. The predicted molar refractivity (Wildman–Crippen MR) is 119 cm³/mol. The Labute approximate surface area is 184 Å². The Morgan fingerprint density at radius 1 is 1.19 bits per heavy atom. The lowest BCUT2D eigenvalue weighted by Crippen LogP contribution is -2.39. The molecule has 1 aliphatic heterocycles. The maximum Gasteiger partial charge on any atom is 0.410 e. The smallest absolute Gasteiger partial charge is 0.410 e. The van der Waals surface area contributed by atoms with Crippen LogP contribution in [0.3, 0.4) is 0 Å². The number of nitrogens with one attached hydrogen (secondary N) is 1. The molecule has 4 rings (SSSR count). The number of fused-ring (bicyclic) bond motifs is 1. The van der Waals surface area contributed by atoms with Crippen LogP contribution in [0.1, 0.15) is 47.5 Å². The van der Waals surface area contributed by atoms with Gasteiger partial charge >= 0.3 is 6.09 Å². The van der Waals surface area contributed by atoms with E-state index in [1.54, 1.807) is 15.6 Å². The fraction of sp³-hybridized carbons (Fsp3) is 0.364. The summed E-state index contributed by atoms with van der Waals surface area (Å²) < 4.78 is 7.20. The number of hydrogen-bond acceptors (Lipinski definition) is 6. The van der Waals surface area contributed by atoms with E-state index in [1.807, 2.05) is 58.0 Å². The maximum atomic E-state index is 12.7. The number of carbonyl (C=O) groups excluding carboxylic acids is 2. The van der Waals surface area contributed by atoms with Crippen molar-refractivity contribution < 1.29 is 14.3 Å². The van der Waals surface area contributed by atoms with Gasteiger partial charge < -0.3 is 9.64 Å². The van der Waals surface area contributed by atoms with Crippen molar-refractivity contribution in [3.63, 3.8) is 0 Å². The Hall–Kier alpha value is -3.20. The third kappa shape index (κ3) is 4.77. The Kier molecular flexibility index (Phi) is 5.53. The molecule has 0 spiro atoms. The summed E-state index contributed by atoms with van der Waals surface area (Å²) in [5.74, 6) is -0.312. The first-order valence-electron chi connectivity index (χ1n) is 10.1. The highest BCUT2D eigenvalue weighted by molar-refractivity contribution is 7.15. The zero-order valence-electron chi connectivity index (χ0n) is 18.0. The minimum absolute atomic E-state index is 0.312. The van der Waals surface area contributed by atoms with Crippen LogP contribution in [0.15, 0.2) is 36.4 Å². The molecule has 0 saturated carbocycles. The van der Waals surface area contributed by atoms with Crippen LogP contribution in [0.5, 0.6) is 0 Å². The minimum Gasteiger partial charge on any atom is -0.444 e. The van der Waals surface area contributed by atoms with E-state index in [-0.39, 0.29) is 12.0 Å². The normalized spacial score (nSPS) is 13.6. The fourth-order valence-electron chi connectivity index (χ4n) is 3.31. The van der Waals surface area contributed by atoms with E-state index in [0.717, 1.165) is 22.0 Å². The molecule has 31 heavy (non-hydrogen) atoms. The fourth-order valence-corrected chi connectivity index (χ4v) is 4.33. The molecule has 0 atom stereocenters. The molecule has 0 aliphatic carbocycles. The monoisotopic (exact) mass is 439 g/mol. The van der Waals surface area contributed by atoms with Gasteiger partial charge in [0.15, 0.2) is 10.8 Å².